The van der Waals surface area contributed by atoms with Gasteiger partial charge in [0.1, 0.15) is 0 Å². The molecule has 1 unspecified atom stereocenters. The van der Waals surface area contributed by atoms with Crippen molar-refractivity contribution >= 4 is 9.47 Å². The molecule has 0 amide bonds. The van der Waals surface area contributed by atoms with Gasteiger partial charge in [-0.2, -0.15) is 0 Å². The van der Waals surface area contributed by atoms with Gasteiger partial charge in [0.15, 0.2) is 0 Å². The zero-order valence-corrected chi connectivity index (χ0v) is 14.0. The molecule has 4 heteroatoms. The Morgan fingerprint density at radius 2 is 1.62 bits per heavy atom. The quantitative estimate of drug-likeness (QED) is 0.360. The Balaban J connectivity index is -0.000000143. The molecule has 76 valence electrons. The van der Waals surface area contributed by atoms with Gasteiger partial charge >= 0.3 is 51.4 Å². The van der Waals surface area contributed by atoms with E-state index in [4.69, 9.17) is 4.52 Å². The Bertz CT molecular complexity index is 80.2. The Hall–Kier alpha value is 1.99. The van der Waals surface area contributed by atoms with E-state index < -0.39 is 0 Å². The van der Waals surface area contributed by atoms with Gasteiger partial charge in [0, 0.05) is 9.47 Å². The van der Waals surface area contributed by atoms with E-state index in [1.54, 1.807) is 0 Å². The summed E-state index contributed by atoms with van der Waals surface area (Å²) in [7, 11) is 2.22. The molecule has 0 aromatic heterocycles. The van der Waals surface area contributed by atoms with Gasteiger partial charge in [0.2, 0.25) is 0 Å². The maximum absolute atomic E-state index is 9.69. The smallest absolute Gasteiger partial charge is 0.854 e. The van der Waals surface area contributed by atoms with Gasteiger partial charge in [0.25, 0.3) is 0 Å². The molecule has 0 aromatic rings. The van der Waals surface area contributed by atoms with Crippen LogP contribution < -0.4 is 56.5 Å². The van der Waals surface area contributed by atoms with Crippen molar-refractivity contribution in [1.82, 2.24) is 0 Å². The fraction of sp³-hybridized carbons (Fsp3) is 1.00. The first-order valence-corrected chi connectivity index (χ1v) is 4.91. The van der Waals surface area contributed by atoms with Crippen LogP contribution in [0.3, 0.4) is 0 Å². The molecule has 0 fully saturated rings. The predicted molar refractivity (Wildman–Crippen MR) is 54.9 cm³/mol. The predicted octanol–water partition coefficient (Wildman–Crippen LogP) is -0.867. The molecule has 0 heterocycles. The molecular weight excluding hydrogens is 210 g/mol. The van der Waals surface area contributed by atoms with Gasteiger partial charge in [-0.15, -0.1) is 6.61 Å². The third-order valence-corrected chi connectivity index (χ3v) is 1.81. The largest absolute Gasteiger partial charge is 1.00 e. The van der Waals surface area contributed by atoms with Crippen LogP contribution in [0.5, 0.6) is 0 Å². The van der Waals surface area contributed by atoms with E-state index in [0.29, 0.717) is 0 Å². The molecule has 0 spiro atoms. The van der Waals surface area contributed by atoms with Crippen molar-refractivity contribution in [2.75, 3.05) is 6.61 Å². The molecular formula is C9H22KO2P. The SMILES string of the molecule is CC(C)(C)OP.CCCCC[O-].[K+]. The summed E-state index contributed by atoms with van der Waals surface area (Å²) in [4.78, 5) is 0. The topological polar surface area (TPSA) is 32.3 Å². The summed E-state index contributed by atoms with van der Waals surface area (Å²) < 4.78 is 4.85. The number of hydrogen-bond donors (Lipinski definition) is 0. The van der Waals surface area contributed by atoms with Crippen LogP contribution in [0.1, 0.15) is 47.0 Å². The van der Waals surface area contributed by atoms with Crippen LogP contribution in [0.2, 0.25) is 0 Å². The minimum Gasteiger partial charge on any atom is -0.854 e. The first-order valence-electron chi connectivity index (χ1n) is 4.44. The molecule has 0 N–H and O–H groups in total. The van der Waals surface area contributed by atoms with Crippen LogP contribution in [-0.4, -0.2) is 12.2 Å². The summed E-state index contributed by atoms with van der Waals surface area (Å²) >= 11 is 0. The average molecular weight is 232 g/mol. The van der Waals surface area contributed by atoms with Crippen molar-refractivity contribution in [3.05, 3.63) is 0 Å². The normalized spacial score (nSPS) is 9.69. The Kier molecular flexibility index (Phi) is 22.0. The number of rotatable bonds is 3. The second kappa shape index (κ2) is 14.0. The van der Waals surface area contributed by atoms with Gasteiger partial charge in [-0.3, -0.25) is 0 Å². The van der Waals surface area contributed by atoms with Crippen molar-refractivity contribution in [3.8, 4) is 0 Å². The summed E-state index contributed by atoms with van der Waals surface area (Å²) in [6, 6.07) is 0. The van der Waals surface area contributed by atoms with Crippen molar-refractivity contribution < 1.29 is 61.0 Å². The van der Waals surface area contributed by atoms with E-state index >= 15 is 0 Å². The van der Waals surface area contributed by atoms with E-state index in [9.17, 15) is 5.11 Å². The molecule has 0 saturated carbocycles. The minimum atomic E-state index is 0. The second-order valence-corrected chi connectivity index (χ2v) is 3.88. The third kappa shape index (κ3) is 31.5. The summed E-state index contributed by atoms with van der Waals surface area (Å²) in [5.74, 6) is 0. The summed E-state index contributed by atoms with van der Waals surface area (Å²) in [5.41, 5.74) is 0.00463. The van der Waals surface area contributed by atoms with Crippen molar-refractivity contribution in [2.24, 2.45) is 0 Å². The maximum Gasteiger partial charge on any atom is 1.00 e. The molecule has 0 rings (SSSR count). The van der Waals surface area contributed by atoms with Crippen LogP contribution in [0.15, 0.2) is 0 Å². The van der Waals surface area contributed by atoms with Crippen LogP contribution in [0.25, 0.3) is 0 Å². The van der Waals surface area contributed by atoms with E-state index in [0.717, 1.165) is 19.3 Å². The fourth-order valence-corrected chi connectivity index (χ4v) is 0.352. The molecule has 0 saturated heterocycles. The van der Waals surface area contributed by atoms with Crippen molar-refractivity contribution in [2.45, 2.75) is 52.6 Å². The van der Waals surface area contributed by atoms with Gasteiger partial charge < -0.3 is 9.63 Å². The Morgan fingerprint density at radius 3 is 1.69 bits per heavy atom. The number of hydrogen-bond acceptors (Lipinski definition) is 2. The fourth-order valence-electron chi connectivity index (χ4n) is 0.352. The first kappa shape index (κ1) is 20.4. The van der Waals surface area contributed by atoms with Crippen LogP contribution >= 0.6 is 9.47 Å². The first-order chi connectivity index (χ1) is 5.47. The van der Waals surface area contributed by atoms with Crippen molar-refractivity contribution in [3.63, 3.8) is 0 Å². The van der Waals surface area contributed by atoms with Gasteiger partial charge in [-0.1, -0.05) is 26.2 Å². The van der Waals surface area contributed by atoms with E-state index in [2.05, 4.69) is 16.4 Å². The molecule has 0 aliphatic rings. The monoisotopic (exact) mass is 232 g/mol. The Morgan fingerprint density at radius 1 is 1.23 bits per heavy atom. The average Bonchev–Trinajstić information content (AvgIpc) is 2.01. The molecule has 13 heavy (non-hydrogen) atoms. The second-order valence-electron chi connectivity index (χ2n) is 3.64. The molecule has 0 bridgehead atoms. The van der Waals surface area contributed by atoms with Gasteiger partial charge in [0.05, 0.1) is 5.60 Å². The minimum absolute atomic E-state index is 0. The summed E-state index contributed by atoms with van der Waals surface area (Å²) in [6.07, 6.45) is 3.11. The zero-order chi connectivity index (χ0) is 10.0. The van der Waals surface area contributed by atoms with E-state index in [-0.39, 0.29) is 63.6 Å². The molecule has 2 nitrogen and oxygen atoms in total. The van der Waals surface area contributed by atoms with Crippen molar-refractivity contribution in [1.29, 1.82) is 0 Å². The standard InChI is InChI=1S/C5H11O.C4H11OP.K/c1-2-3-4-5-6;1-4(2,3)5-6;/h2-5H2,1H3;6H2,1-3H3;/q-1;;+1. The third-order valence-electron chi connectivity index (χ3n) is 1.10. The molecule has 0 aromatic carbocycles. The summed E-state index contributed by atoms with van der Waals surface area (Å²) in [5, 5.41) is 9.69. The Labute approximate surface area is 128 Å². The van der Waals surface area contributed by atoms with Gasteiger partial charge in [-0.05, 0) is 20.8 Å². The molecule has 0 radical (unpaired) electrons. The van der Waals surface area contributed by atoms with Crippen LogP contribution in [-0.2, 0) is 4.52 Å². The van der Waals surface area contributed by atoms with E-state index in [1.807, 2.05) is 20.8 Å². The van der Waals surface area contributed by atoms with Crippen LogP contribution in [0.4, 0.5) is 0 Å². The molecule has 0 aliphatic heterocycles. The van der Waals surface area contributed by atoms with Gasteiger partial charge in [-0.25, -0.2) is 0 Å². The summed E-state index contributed by atoms with van der Waals surface area (Å²) in [6.45, 7) is 8.20. The van der Waals surface area contributed by atoms with Crippen LogP contribution in [0, 0.1) is 0 Å². The zero-order valence-electron chi connectivity index (χ0n) is 9.72. The molecule has 0 aliphatic carbocycles. The number of unbranched alkanes of at least 4 members (excludes halogenated alkanes) is 2. The maximum atomic E-state index is 9.69. The molecule has 1 atom stereocenters. The van der Waals surface area contributed by atoms with E-state index in [1.165, 1.54) is 0 Å².